The van der Waals surface area contributed by atoms with Gasteiger partial charge in [0, 0.05) is 5.56 Å². The standard InChI is InChI=1S/C27H25NO4S2/c1-18-9-8-11-21(19(18)2)28-26(29)25(34-27(28)33)17-20-10-4-5-12-22(20)31-15-16-32-24-14-7-6-13-23(24)30-3/h4-14,17H,15-16H2,1-3H3. The van der Waals surface area contributed by atoms with E-state index < -0.39 is 0 Å². The molecule has 0 saturated carbocycles. The Balaban J connectivity index is 1.47. The second-order valence-corrected chi connectivity index (χ2v) is 9.30. The number of carbonyl (C=O) groups is 1. The largest absolute Gasteiger partial charge is 0.493 e. The van der Waals surface area contributed by atoms with Gasteiger partial charge in [0.05, 0.1) is 17.7 Å². The predicted molar refractivity (Wildman–Crippen MR) is 142 cm³/mol. The van der Waals surface area contributed by atoms with Gasteiger partial charge in [0.25, 0.3) is 5.91 Å². The number of methoxy groups -OCH3 is 1. The lowest BCUT2D eigenvalue weighted by Crippen LogP contribution is -2.28. The Morgan fingerprint density at radius 1 is 0.882 bits per heavy atom. The van der Waals surface area contributed by atoms with Crippen LogP contribution in [0.4, 0.5) is 5.69 Å². The maximum atomic E-state index is 13.2. The molecule has 1 fully saturated rings. The van der Waals surface area contributed by atoms with Gasteiger partial charge in [-0.3, -0.25) is 9.69 Å². The first-order valence-corrected chi connectivity index (χ1v) is 12.0. The number of hydrogen-bond acceptors (Lipinski definition) is 6. The fourth-order valence-corrected chi connectivity index (χ4v) is 4.84. The number of aryl methyl sites for hydroxylation is 1. The van der Waals surface area contributed by atoms with Crippen LogP contribution in [0.15, 0.2) is 71.6 Å². The van der Waals surface area contributed by atoms with Crippen LogP contribution >= 0.6 is 24.0 Å². The third kappa shape index (κ3) is 5.11. The highest BCUT2D eigenvalue weighted by Crippen LogP contribution is 2.38. The number of hydrogen-bond donors (Lipinski definition) is 0. The molecular weight excluding hydrogens is 466 g/mol. The average Bonchev–Trinajstić information content (AvgIpc) is 3.12. The molecule has 3 aromatic carbocycles. The van der Waals surface area contributed by atoms with Crippen LogP contribution in [0.2, 0.25) is 0 Å². The van der Waals surface area contributed by atoms with E-state index in [4.69, 9.17) is 26.4 Å². The summed E-state index contributed by atoms with van der Waals surface area (Å²) < 4.78 is 17.6. The van der Waals surface area contributed by atoms with E-state index in [0.29, 0.717) is 39.7 Å². The first-order valence-electron chi connectivity index (χ1n) is 10.8. The van der Waals surface area contributed by atoms with Gasteiger partial charge in [-0.25, -0.2) is 0 Å². The molecular formula is C27H25NO4S2. The number of benzene rings is 3. The van der Waals surface area contributed by atoms with E-state index in [2.05, 4.69) is 0 Å². The molecule has 0 aliphatic carbocycles. The number of thiocarbonyl (C=S) groups is 1. The summed E-state index contributed by atoms with van der Waals surface area (Å²) in [6.45, 7) is 4.72. The maximum Gasteiger partial charge on any atom is 0.270 e. The predicted octanol–water partition coefficient (Wildman–Crippen LogP) is 6.18. The van der Waals surface area contributed by atoms with Crippen molar-refractivity contribution in [3.8, 4) is 17.2 Å². The third-order valence-corrected chi connectivity index (χ3v) is 6.79. The molecule has 0 atom stereocenters. The van der Waals surface area contributed by atoms with Crippen molar-refractivity contribution in [3.63, 3.8) is 0 Å². The molecule has 1 aliphatic heterocycles. The number of rotatable bonds is 8. The molecule has 1 saturated heterocycles. The quantitative estimate of drug-likeness (QED) is 0.213. The van der Waals surface area contributed by atoms with Crippen molar-refractivity contribution < 1.29 is 19.0 Å². The lowest BCUT2D eigenvalue weighted by molar-refractivity contribution is -0.113. The molecule has 174 valence electrons. The van der Waals surface area contributed by atoms with Gasteiger partial charge in [-0.15, -0.1) is 0 Å². The summed E-state index contributed by atoms with van der Waals surface area (Å²) in [7, 11) is 1.61. The molecule has 0 aromatic heterocycles. The fourth-order valence-electron chi connectivity index (χ4n) is 3.57. The molecule has 1 aliphatic rings. The smallest absolute Gasteiger partial charge is 0.270 e. The van der Waals surface area contributed by atoms with E-state index >= 15 is 0 Å². The van der Waals surface area contributed by atoms with Gasteiger partial charge in [0.15, 0.2) is 15.8 Å². The van der Waals surface area contributed by atoms with Crippen molar-refractivity contribution in [3.05, 3.63) is 88.3 Å². The van der Waals surface area contributed by atoms with E-state index in [1.165, 1.54) is 11.8 Å². The van der Waals surface area contributed by atoms with Gasteiger partial charge in [-0.05, 0) is 55.3 Å². The minimum atomic E-state index is -0.127. The Morgan fingerprint density at radius 3 is 2.26 bits per heavy atom. The molecule has 5 nitrogen and oxygen atoms in total. The summed E-state index contributed by atoms with van der Waals surface area (Å²) in [5, 5.41) is 0. The highest BCUT2D eigenvalue weighted by molar-refractivity contribution is 8.27. The highest BCUT2D eigenvalue weighted by atomic mass is 32.2. The summed E-state index contributed by atoms with van der Waals surface area (Å²) in [5.41, 5.74) is 3.79. The summed E-state index contributed by atoms with van der Waals surface area (Å²) in [6.07, 6.45) is 1.83. The van der Waals surface area contributed by atoms with Gasteiger partial charge in [-0.2, -0.15) is 0 Å². The lowest BCUT2D eigenvalue weighted by Gasteiger charge is -2.18. The number of carbonyl (C=O) groups excluding carboxylic acids is 1. The monoisotopic (exact) mass is 491 g/mol. The molecule has 34 heavy (non-hydrogen) atoms. The van der Waals surface area contributed by atoms with Crippen LogP contribution in [0.1, 0.15) is 16.7 Å². The second kappa shape index (κ2) is 10.8. The molecule has 1 amide bonds. The first kappa shape index (κ1) is 23.9. The first-order chi connectivity index (χ1) is 16.5. The Morgan fingerprint density at radius 2 is 1.53 bits per heavy atom. The van der Waals surface area contributed by atoms with Crippen LogP contribution < -0.4 is 19.1 Å². The Bertz CT molecular complexity index is 1250. The number of amides is 1. The molecule has 0 N–H and O–H groups in total. The van der Waals surface area contributed by atoms with Crippen molar-refractivity contribution >= 4 is 46.0 Å². The van der Waals surface area contributed by atoms with Crippen LogP contribution in [0, 0.1) is 13.8 Å². The average molecular weight is 492 g/mol. The number of para-hydroxylation sites is 3. The zero-order chi connectivity index (χ0) is 24.1. The second-order valence-electron chi connectivity index (χ2n) is 7.62. The molecule has 0 unspecified atom stereocenters. The van der Waals surface area contributed by atoms with E-state index in [9.17, 15) is 4.79 Å². The van der Waals surface area contributed by atoms with Gasteiger partial charge in [0.1, 0.15) is 19.0 Å². The maximum absolute atomic E-state index is 13.2. The fraction of sp³-hybridized carbons (Fsp3) is 0.185. The minimum absolute atomic E-state index is 0.127. The normalized spacial score (nSPS) is 14.6. The Labute approximate surface area is 209 Å². The minimum Gasteiger partial charge on any atom is -0.493 e. The lowest BCUT2D eigenvalue weighted by atomic mass is 10.1. The number of ether oxygens (including phenoxy) is 3. The molecule has 3 aromatic rings. The number of thioether (sulfide) groups is 1. The molecule has 7 heteroatoms. The van der Waals surface area contributed by atoms with Crippen LogP contribution in [-0.4, -0.2) is 30.6 Å². The van der Waals surface area contributed by atoms with Gasteiger partial charge < -0.3 is 14.2 Å². The van der Waals surface area contributed by atoms with Crippen LogP contribution in [0.3, 0.4) is 0 Å². The van der Waals surface area contributed by atoms with Crippen molar-refractivity contribution in [2.24, 2.45) is 0 Å². The Kier molecular flexibility index (Phi) is 7.55. The van der Waals surface area contributed by atoms with E-state index in [-0.39, 0.29) is 5.91 Å². The van der Waals surface area contributed by atoms with Crippen LogP contribution in [0.5, 0.6) is 17.2 Å². The zero-order valence-corrected chi connectivity index (χ0v) is 20.9. The van der Waals surface area contributed by atoms with Crippen molar-refractivity contribution in [2.75, 3.05) is 25.2 Å². The van der Waals surface area contributed by atoms with E-state index in [0.717, 1.165) is 22.4 Å². The summed E-state index contributed by atoms with van der Waals surface area (Å²) in [4.78, 5) is 15.4. The highest BCUT2D eigenvalue weighted by Gasteiger charge is 2.34. The molecule has 0 radical (unpaired) electrons. The van der Waals surface area contributed by atoms with Gasteiger partial charge in [-0.1, -0.05) is 66.4 Å². The van der Waals surface area contributed by atoms with Gasteiger partial charge in [0.2, 0.25) is 0 Å². The summed E-state index contributed by atoms with van der Waals surface area (Å²) >= 11 is 6.85. The van der Waals surface area contributed by atoms with Crippen LogP contribution in [-0.2, 0) is 4.79 Å². The molecule has 0 bridgehead atoms. The SMILES string of the molecule is COc1ccccc1OCCOc1ccccc1C=C1SC(=S)N(c2cccc(C)c2C)C1=O. The summed E-state index contributed by atoms with van der Waals surface area (Å²) in [5.74, 6) is 1.88. The van der Waals surface area contributed by atoms with Crippen molar-refractivity contribution in [2.45, 2.75) is 13.8 Å². The summed E-state index contributed by atoms with van der Waals surface area (Å²) in [6, 6.07) is 21.0. The third-order valence-electron chi connectivity index (χ3n) is 5.48. The van der Waals surface area contributed by atoms with Crippen molar-refractivity contribution in [1.82, 2.24) is 0 Å². The molecule has 1 heterocycles. The number of anilines is 1. The zero-order valence-electron chi connectivity index (χ0n) is 19.2. The van der Waals surface area contributed by atoms with Crippen LogP contribution in [0.25, 0.3) is 6.08 Å². The van der Waals surface area contributed by atoms with E-state index in [1.807, 2.05) is 86.7 Å². The number of nitrogens with zero attached hydrogens (tertiary/aromatic N) is 1. The van der Waals surface area contributed by atoms with Gasteiger partial charge >= 0.3 is 0 Å². The molecule has 4 rings (SSSR count). The van der Waals surface area contributed by atoms with E-state index in [1.54, 1.807) is 12.0 Å². The Hall–Kier alpha value is -3.29. The molecule has 0 spiro atoms. The topological polar surface area (TPSA) is 48.0 Å². The van der Waals surface area contributed by atoms with Crippen molar-refractivity contribution in [1.29, 1.82) is 0 Å².